The second kappa shape index (κ2) is 6.42. The molecule has 2 N–H and O–H groups in total. The van der Waals surface area contributed by atoms with Gasteiger partial charge in [-0.2, -0.15) is 5.10 Å². The van der Waals surface area contributed by atoms with Crippen LogP contribution in [0.1, 0.15) is 5.56 Å². The molecule has 0 saturated heterocycles. The van der Waals surface area contributed by atoms with Gasteiger partial charge in [0.25, 0.3) is 0 Å². The molecule has 0 fully saturated rings. The lowest BCUT2D eigenvalue weighted by Crippen LogP contribution is -2.10. The first-order chi connectivity index (χ1) is 8.79. The molecule has 1 aromatic carbocycles. The maximum Gasteiger partial charge on any atom is 0.122 e. The van der Waals surface area contributed by atoms with Gasteiger partial charge in [-0.3, -0.25) is 4.68 Å². The summed E-state index contributed by atoms with van der Waals surface area (Å²) < 4.78 is 7.57. The van der Waals surface area contributed by atoms with Crippen molar-refractivity contribution in [3.63, 3.8) is 0 Å². The predicted molar refractivity (Wildman–Crippen MR) is 71.9 cm³/mol. The Hall–Kier alpha value is -1.52. The highest BCUT2D eigenvalue weighted by atomic mass is 35.5. The van der Waals surface area contributed by atoms with E-state index < -0.39 is 0 Å². The van der Waals surface area contributed by atoms with Crippen molar-refractivity contribution in [1.29, 1.82) is 0 Å². The van der Waals surface area contributed by atoms with E-state index in [0.29, 0.717) is 18.2 Å². The normalized spacial score (nSPS) is 10.6. The number of ether oxygens (including phenoxy) is 1. The topological polar surface area (TPSA) is 53.1 Å². The molecule has 0 spiro atoms. The highest BCUT2D eigenvalue weighted by molar-refractivity contribution is 6.30. The summed E-state index contributed by atoms with van der Waals surface area (Å²) in [6, 6.07) is 7.50. The van der Waals surface area contributed by atoms with Gasteiger partial charge >= 0.3 is 0 Å². The minimum atomic E-state index is 0.570. The van der Waals surface area contributed by atoms with Crippen LogP contribution in [0.4, 0.5) is 0 Å². The second-order valence-corrected chi connectivity index (χ2v) is 4.34. The van der Waals surface area contributed by atoms with Crippen molar-refractivity contribution in [2.75, 3.05) is 13.2 Å². The summed E-state index contributed by atoms with van der Waals surface area (Å²) >= 11 is 5.96. The molecule has 0 aliphatic heterocycles. The zero-order valence-electron chi connectivity index (χ0n) is 10.1. The van der Waals surface area contributed by atoms with E-state index in [1.165, 1.54) is 0 Å². The largest absolute Gasteiger partial charge is 0.491 e. The molecule has 0 atom stereocenters. The quantitative estimate of drug-likeness (QED) is 0.870. The zero-order valence-corrected chi connectivity index (χ0v) is 10.8. The Morgan fingerprint density at radius 3 is 3.00 bits per heavy atom. The monoisotopic (exact) mass is 265 g/mol. The summed E-state index contributed by atoms with van der Waals surface area (Å²) in [5.74, 6) is 0.844. The van der Waals surface area contributed by atoms with Crippen molar-refractivity contribution in [2.24, 2.45) is 5.73 Å². The van der Waals surface area contributed by atoms with Crippen LogP contribution in [0.3, 0.4) is 0 Å². The van der Waals surface area contributed by atoms with Crippen LogP contribution >= 0.6 is 11.6 Å². The Morgan fingerprint density at radius 1 is 1.39 bits per heavy atom. The first-order valence-electron chi connectivity index (χ1n) is 5.88. The fourth-order valence-electron chi connectivity index (χ4n) is 1.72. The molecule has 5 heteroatoms. The predicted octanol–water partition coefficient (Wildman–Crippen LogP) is 2.12. The Labute approximate surface area is 111 Å². The highest BCUT2D eigenvalue weighted by Gasteiger charge is 2.04. The fourth-order valence-corrected chi connectivity index (χ4v) is 1.92. The average molecular weight is 266 g/mol. The molecule has 0 bridgehead atoms. The minimum Gasteiger partial charge on any atom is -0.491 e. The molecule has 1 heterocycles. The summed E-state index contributed by atoms with van der Waals surface area (Å²) in [4.78, 5) is 0. The fraction of sp³-hybridized carbons (Fsp3) is 0.308. The SMILES string of the molecule is NCCc1cc(Cl)ccc1OCCn1cccn1. The van der Waals surface area contributed by atoms with Crippen molar-refractivity contribution in [1.82, 2.24) is 9.78 Å². The van der Waals surface area contributed by atoms with E-state index in [4.69, 9.17) is 22.1 Å². The smallest absolute Gasteiger partial charge is 0.122 e. The van der Waals surface area contributed by atoms with Crippen LogP contribution in [-0.4, -0.2) is 22.9 Å². The van der Waals surface area contributed by atoms with Crippen LogP contribution in [-0.2, 0) is 13.0 Å². The highest BCUT2D eigenvalue weighted by Crippen LogP contribution is 2.23. The van der Waals surface area contributed by atoms with Crippen LogP contribution in [0.15, 0.2) is 36.7 Å². The third-order valence-electron chi connectivity index (χ3n) is 2.57. The summed E-state index contributed by atoms with van der Waals surface area (Å²) in [7, 11) is 0. The van der Waals surface area contributed by atoms with E-state index in [2.05, 4.69) is 5.10 Å². The van der Waals surface area contributed by atoms with Gasteiger partial charge in [0.15, 0.2) is 0 Å². The number of nitrogens with zero attached hydrogens (tertiary/aromatic N) is 2. The number of aromatic nitrogens is 2. The Bertz CT molecular complexity index is 485. The molecule has 0 radical (unpaired) electrons. The molecule has 2 aromatic rings. The number of halogens is 1. The first-order valence-corrected chi connectivity index (χ1v) is 6.26. The van der Waals surface area contributed by atoms with Gasteiger partial charge in [0.2, 0.25) is 0 Å². The van der Waals surface area contributed by atoms with E-state index >= 15 is 0 Å². The van der Waals surface area contributed by atoms with Crippen molar-refractivity contribution >= 4 is 11.6 Å². The second-order valence-electron chi connectivity index (χ2n) is 3.91. The number of hydrogen-bond donors (Lipinski definition) is 1. The van der Waals surface area contributed by atoms with E-state index in [0.717, 1.165) is 24.3 Å². The van der Waals surface area contributed by atoms with E-state index in [9.17, 15) is 0 Å². The molecule has 1 aromatic heterocycles. The maximum atomic E-state index is 5.96. The number of rotatable bonds is 6. The van der Waals surface area contributed by atoms with E-state index in [1.54, 1.807) is 6.20 Å². The Morgan fingerprint density at radius 2 is 2.28 bits per heavy atom. The summed E-state index contributed by atoms with van der Waals surface area (Å²) in [6.07, 6.45) is 4.42. The summed E-state index contributed by atoms with van der Waals surface area (Å²) in [5, 5.41) is 4.82. The molecule has 4 nitrogen and oxygen atoms in total. The third kappa shape index (κ3) is 3.48. The van der Waals surface area contributed by atoms with Crippen LogP contribution in [0.5, 0.6) is 5.75 Å². The zero-order chi connectivity index (χ0) is 12.8. The lowest BCUT2D eigenvalue weighted by molar-refractivity contribution is 0.288. The molecular weight excluding hydrogens is 250 g/mol. The molecule has 0 amide bonds. The molecule has 0 saturated carbocycles. The summed E-state index contributed by atoms with van der Waals surface area (Å²) in [6.45, 7) is 1.87. The van der Waals surface area contributed by atoms with Gasteiger partial charge in [-0.05, 0) is 42.8 Å². The van der Waals surface area contributed by atoms with Crippen molar-refractivity contribution in [3.05, 3.63) is 47.2 Å². The molecule has 96 valence electrons. The molecular formula is C13H16ClN3O. The van der Waals surface area contributed by atoms with E-state index in [-0.39, 0.29) is 0 Å². The van der Waals surface area contributed by atoms with Gasteiger partial charge in [0.1, 0.15) is 12.4 Å². The average Bonchev–Trinajstić information content (AvgIpc) is 2.85. The lowest BCUT2D eigenvalue weighted by atomic mass is 10.1. The number of nitrogens with two attached hydrogens (primary N) is 1. The number of benzene rings is 1. The van der Waals surface area contributed by atoms with Gasteiger partial charge < -0.3 is 10.5 Å². The Kier molecular flexibility index (Phi) is 4.61. The van der Waals surface area contributed by atoms with Crippen LogP contribution in [0.2, 0.25) is 5.02 Å². The van der Waals surface area contributed by atoms with Gasteiger partial charge in [-0.25, -0.2) is 0 Å². The molecule has 0 aliphatic carbocycles. The molecule has 0 unspecified atom stereocenters. The third-order valence-corrected chi connectivity index (χ3v) is 2.81. The molecule has 2 rings (SSSR count). The first kappa shape index (κ1) is 12.9. The van der Waals surface area contributed by atoms with E-state index in [1.807, 2.05) is 35.1 Å². The lowest BCUT2D eigenvalue weighted by Gasteiger charge is -2.11. The van der Waals surface area contributed by atoms with Gasteiger partial charge in [0.05, 0.1) is 6.54 Å². The molecule has 18 heavy (non-hydrogen) atoms. The minimum absolute atomic E-state index is 0.570. The van der Waals surface area contributed by atoms with Gasteiger partial charge in [-0.1, -0.05) is 11.6 Å². The van der Waals surface area contributed by atoms with Crippen molar-refractivity contribution < 1.29 is 4.74 Å². The van der Waals surface area contributed by atoms with Gasteiger partial charge in [-0.15, -0.1) is 0 Å². The van der Waals surface area contributed by atoms with Gasteiger partial charge in [0, 0.05) is 17.4 Å². The summed E-state index contributed by atoms with van der Waals surface area (Å²) in [5.41, 5.74) is 6.62. The number of hydrogen-bond acceptors (Lipinski definition) is 3. The van der Waals surface area contributed by atoms with Crippen molar-refractivity contribution in [3.8, 4) is 5.75 Å². The van der Waals surface area contributed by atoms with Crippen LogP contribution in [0, 0.1) is 0 Å². The molecule has 0 aliphatic rings. The maximum absolute atomic E-state index is 5.96. The van der Waals surface area contributed by atoms with Crippen LogP contribution < -0.4 is 10.5 Å². The van der Waals surface area contributed by atoms with Crippen molar-refractivity contribution in [2.45, 2.75) is 13.0 Å². The van der Waals surface area contributed by atoms with Crippen LogP contribution in [0.25, 0.3) is 0 Å². The standard InChI is InChI=1S/C13H16ClN3O/c14-12-2-3-13(11(10-12)4-5-15)18-9-8-17-7-1-6-16-17/h1-3,6-7,10H,4-5,8-9,15H2. The Balaban J connectivity index is 1.95.